The molecule has 0 saturated carbocycles. The molecule has 3 rings (SSSR count). The van der Waals surface area contributed by atoms with Crippen LogP contribution in [0.4, 0.5) is 18.9 Å². The van der Waals surface area contributed by atoms with E-state index < -0.39 is 23.2 Å². The number of hydrogen-bond donors (Lipinski definition) is 2. The highest BCUT2D eigenvalue weighted by atomic mass is 35.5. The number of amides is 1. The lowest BCUT2D eigenvalue weighted by atomic mass is 9.87. The summed E-state index contributed by atoms with van der Waals surface area (Å²) in [6, 6.07) is 7.47. The number of thioether (sulfide) groups is 1. The van der Waals surface area contributed by atoms with Crippen molar-refractivity contribution in [1.29, 1.82) is 0 Å². The Labute approximate surface area is 156 Å². The highest BCUT2D eigenvalue weighted by molar-refractivity contribution is 7.99. The minimum absolute atomic E-state index is 0.0539. The average molecular weight is 400 g/mol. The highest BCUT2D eigenvalue weighted by Crippen LogP contribution is 2.46. The maximum Gasteiger partial charge on any atom is 0.416 e. The van der Waals surface area contributed by atoms with Crippen LogP contribution in [-0.2, 0) is 16.6 Å². The molecule has 0 aromatic heterocycles. The first-order chi connectivity index (χ1) is 12.2. The summed E-state index contributed by atoms with van der Waals surface area (Å²) in [6.07, 6.45) is -2.90. The van der Waals surface area contributed by atoms with Gasteiger partial charge in [-0.15, -0.1) is 18.3 Å². The van der Waals surface area contributed by atoms with Crippen molar-refractivity contribution < 1.29 is 23.1 Å². The molecule has 2 aromatic rings. The lowest BCUT2D eigenvalue weighted by Gasteiger charge is -2.24. The first-order valence-electron chi connectivity index (χ1n) is 7.47. The fourth-order valence-electron chi connectivity index (χ4n) is 2.80. The molecule has 1 aliphatic rings. The second kappa shape index (κ2) is 6.64. The molecule has 8 heteroatoms. The Bertz CT molecular complexity index is 900. The monoisotopic (exact) mass is 399 g/mol. The largest absolute Gasteiger partial charge is 0.416 e. The molecule has 0 fully saturated rings. The van der Waals surface area contributed by atoms with Gasteiger partial charge in [-0.05, 0) is 30.3 Å². The Hall–Kier alpha value is -1.96. The number of halogens is 4. The summed E-state index contributed by atoms with van der Waals surface area (Å²) in [5.74, 6) is -0.304. The van der Waals surface area contributed by atoms with Gasteiger partial charge in [-0.2, -0.15) is 13.2 Å². The van der Waals surface area contributed by atoms with Crippen molar-refractivity contribution in [2.45, 2.75) is 16.7 Å². The number of aliphatic hydroxyl groups is 1. The van der Waals surface area contributed by atoms with Crippen molar-refractivity contribution in [3.8, 4) is 0 Å². The Morgan fingerprint density at radius 1 is 1.23 bits per heavy atom. The average Bonchev–Trinajstić information content (AvgIpc) is 2.84. The number of alkyl halides is 3. The van der Waals surface area contributed by atoms with E-state index in [-0.39, 0.29) is 16.8 Å². The Balaban J connectivity index is 2.17. The summed E-state index contributed by atoms with van der Waals surface area (Å²) in [4.78, 5) is 13.1. The summed E-state index contributed by atoms with van der Waals surface area (Å²) in [6.45, 7) is 3.63. The molecule has 0 aliphatic carbocycles. The molecule has 2 N–H and O–H groups in total. The van der Waals surface area contributed by atoms with Crippen molar-refractivity contribution >= 4 is 35.0 Å². The van der Waals surface area contributed by atoms with Crippen molar-refractivity contribution in [1.82, 2.24) is 0 Å². The number of carbonyl (C=O) groups excluding carboxylic acids is 1. The topological polar surface area (TPSA) is 49.3 Å². The minimum atomic E-state index is -4.55. The molecule has 1 heterocycles. The Morgan fingerprint density at radius 3 is 2.62 bits per heavy atom. The van der Waals surface area contributed by atoms with E-state index in [9.17, 15) is 23.1 Å². The summed E-state index contributed by atoms with van der Waals surface area (Å²) in [5.41, 5.74) is -2.85. The highest BCUT2D eigenvalue weighted by Gasteiger charge is 2.49. The van der Waals surface area contributed by atoms with E-state index in [4.69, 9.17) is 11.6 Å². The van der Waals surface area contributed by atoms with Crippen molar-refractivity contribution in [2.75, 3.05) is 11.1 Å². The number of nitrogens with one attached hydrogen (secondary N) is 1. The summed E-state index contributed by atoms with van der Waals surface area (Å²) < 4.78 is 38.8. The van der Waals surface area contributed by atoms with Gasteiger partial charge < -0.3 is 10.4 Å². The van der Waals surface area contributed by atoms with Crippen molar-refractivity contribution in [3.63, 3.8) is 0 Å². The molecule has 1 unspecified atom stereocenters. The van der Waals surface area contributed by atoms with Crippen LogP contribution in [0.25, 0.3) is 0 Å². The first-order valence-corrected chi connectivity index (χ1v) is 8.83. The number of benzene rings is 2. The van der Waals surface area contributed by atoms with Gasteiger partial charge in [-0.25, -0.2) is 0 Å². The molecule has 2 aromatic carbocycles. The number of carbonyl (C=O) groups is 1. The van der Waals surface area contributed by atoms with E-state index in [0.717, 1.165) is 18.2 Å². The lowest BCUT2D eigenvalue weighted by molar-refractivity contribution is -0.137. The number of rotatable bonds is 4. The van der Waals surface area contributed by atoms with Crippen LogP contribution in [-0.4, -0.2) is 16.8 Å². The first kappa shape index (κ1) is 18.8. The SMILES string of the molecule is C=CCSc1ccc(Cl)cc1C1(O)C(=O)Nc2cc(C(F)(F)F)ccc21. The zero-order valence-corrected chi connectivity index (χ0v) is 14.8. The van der Waals surface area contributed by atoms with E-state index in [1.54, 1.807) is 18.2 Å². The molecule has 0 radical (unpaired) electrons. The normalized spacial score (nSPS) is 19.2. The van der Waals surface area contributed by atoms with Crippen LogP contribution in [0.15, 0.2) is 53.9 Å². The van der Waals surface area contributed by atoms with Gasteiger partial charge in [0.1, 0.15) is 0 Å². The maximum absolute atomic E-state index is 12.9. The predicted octanol–water partition coefficient (Wildman–Crippen LogP) is 4.82. The van der Waals surface area contributed by atoms with Gasteiger partial charge in [0, 0.05) is 32.5 Å². The van der Waals surface area contributed by atoms with Gasteiger partial charge in [0.25, 0.3) is 5.91 Å². The smallest absolute Gasteiger partial charge is 0.372 e. The molecule has 136 valence electrons. The number of fused-ring (bicyclic) bond motifs is 1. The maximum atomic E-state index is 12.9. The van der Waals surface area contributed by atoms with Crippen LogP contribution in [0.5, 0.6) is 0 Å². The van der Waals surface area contributed by atoms with Gasteiger partial charge in [0.15, 0.2) is 5.60 Å². The molecule has 1 amide bonds. The summed E-state index contributed by atoms with van der Waals surface area (Å²) >= 11 is 7.36. The zero-order valence-electron chi connectivity index (χ0n) is 13.2. The van der Waals surface area contributed by atoms with E-state index in [2.05, 4.69) is 11.9 Å². The molecule has 1 aliphatic heterocycles. The van der Waals surface area contributed by atoms with Crippen LogP contribution >= 0.6 is 23.4 Å². The second-order valence-corrected chi connectivity index (χ2v) is 7.16. The third-order valence-electron chi connectivity index (χ3n) is 4.00. The molecular formula is C18H13ClF3NO2S. The van der Waals surface area contributed by atoms with Crippen molar-refractivity contribution in [2.24, 2.45) is 0 Å². The molecule has 0 saturated heterocycles. The zero-order chi connectivity index (χ0) is 19.1. The predicted molar refractivity (Wildman–Crippen MR) is 95.4 cm³/mol. The number of hydrogen-bond acceptors (Lipinski definition) is 3. The lowest BCUT2D eigenvalue weighted by Crippen LogP contribution is -2.36. The van der Waals surface area contributed by atoms with E-state index in [1.165, 1.54) is 17.8 Å². The fraction of sp³-hybridized carbons (Fsp3) is 0.167. The van der Waals surface area contributed by atoms with Crippen LogP contribution in [0.3, 0.4) is 0 Å². The molecule has 1 atom stereocenters. The minimum Gasteiger partial charge on any atom is -0.372 e. The fourth-order valence-corrected chi connectivity index (χ4v) is 3.80. The van der Waals surface area contributed by atoms with Crippen LogP contribution in [0, 0.1) is 0 Å². The molecular weight excluding hydrogens is 387 g/mol. The summed E-state index contributed by atoms with van der Waals surface area (Å²) in [7, 11) is 0. The Morgan fingerprint density at radius 2 is 1.96 bits per heavy atom. The van der Waals surface area contributed by atoms with Gasteiger partial charge in [-0.1, -0.05) is 23.7 Å². The molecule has 3 nitrogen and oxygen atoms in total. The van der Waals surface area contributed by atoms with E-state index in [0.29, 0.717) is 15.7 Å². The second-order valence-electron chi connectivity index (χ2n) is 5.66. The Kier molecular flexibility index (Phi) is 4.81. The molecule has 0 bridgehead atoms. The van der Waals surface area contributed by atoms with Crippen LogP contribution in [0.2, 0.25) is 5.02 Å². The van der Waals surface area contributed by atoms with Gasteiger partial charge in [0.05, 0.1) is 5.56 Å². The van der Waals surface area contributed by atoms with Crippen LogP contribution in [0.1, 0.15) is 16.7 Å². The van der Waals surface area contributed by atoms with E-state index >= 15 is 0 Å². The number of anilines is 1. The third kappa shape index (κ3) is 3.11. The van der Waals surface area contributed by atoms with Gasteiger partial charge in [-0.3, -0.25) is 4.79 Å². The third-order valence-corrected chi connectivity index (χ3v) is 5.31. The molecule has 26 heavy (non-hydrogen) atoms. The molecule has 0 spiro atoms. The standard InChI is InChI=1S/C18H13ClF3NO2S/c1-2-7-26-15-6-4-11(19)9-13(15)17(25)12-5-3-10(18(20,21)22)8-14(12)23-16(17)24/h2-6,8-9,25H,1,7H2,(H,23,24). The van der Waals surface area contributed by atoms with Crippen molar-refractivity contribution in [3.05, 3.63) is 70.8 Å². The van der Waals surface area contributed by atoms with Crippen LogP contribution < -0.4 is 5.32 Å². The van der Waals surface area contributed by atoms with E-state index in [1.807, 2.05) is 0 Å². The quantitative estimate of drug-likeness (QED) is 0.572. The summed E-state index contributed by atoms with van der Waals surface area (Å²) in [5, 5.41) is 13.8. The van der Waals surface area contributed by atoms with Gasteiger partial charge in [0.2, 0.25) is 0 Å². The van der Waals surface area contributed by atoms with Gasteiger partial charge >= 0.3 is 6.18 Å².